The molecule has 0 amide bonds. The maximum absolute atomic E-state index is 13.6. The number of hydrogen-bond donors (Lipinski definition) is 0. The van der Waals surface area contributed by atoms with Crippen LogP contribution in [-0.4, -0.2) is 6.29 Å². The number of rotatable bonds is 4. The zero-order valence-electron chi connectivity index (χ0n) is 9.70. The maximum Gasteiger partial charge on any atom is 0.165 e. The van der Waals surface area contributed by atoms with Crippen LogP contribution >= 0.6 is 23.2 Å². The Labute approximate surface area is 119 Å². The largest absolute Gasteiger partial charge is 0.486 e. The van der Waals surface area contributed by atoms with Crippen LogP contribution < -0.4 is 4.74 Å². The van der Waals surface area contributed by atoms with Gasteiger partial charge in [-0.25, -0.2) is 4.39 Å². The summed E-state index contributed by atoms with van der Waals surface area (Å²) in [4.78, 5) is 10.5. The van der Waals surface area contributed by atoms with Crippen LogP contribution in [0.2, 0.25) is 10.0 Å². The molecule has 0 saturated heterocycles. The Morgan fingerprint density at radius 2 is 1.95 bits per heavy atom. The fourth-order valence-corrected chi connectivity index (χ4v) is 1.96. The molecule has 0 unspecified atom stereocenters. The molecule has 0 aromatic heterocycles. The van der Waals surface area contributed by atoms with Gasteiger partial charge in [0.1, 0.15) is 12.9 Å². The predicted octanol–water partition coefficient (Wildman–Crippen LogP) is 4.52. The molecule has 0 heterocycles. The minimum Gasteiger partial charge on any atom is -0.486 e. The van der Waals surface area contributed by atoms with Crippen molar-refractivity contribution in [2.75, 3.05) is 0 Å². The van der Waals surface area contributed by atoms with Crippen molar-refractivity contribution in [2.24, 2.45) is 0 Å². The van der Waals surface area contributed by atoms with E-state index in [2.05, 4.69) is 0 Å². The average Bonchev–Trinajstić information content (AvgIpc) is 2.39. The second-order valence-electron chi connectivity index (χ2n) is 3.83. The molecule has 2 aromatic rings. The average molecular weight is 299 g/mol. The summed E-state index contributed by atoms with van der Waals surface area (Å²) in [6.07, 6.45) is 0.572. The lowest BCUT2D eigenvalue weighted by molar-refractivity contribution is 0.112. The zero-order chi connectivity index (χ0) is 13.8. The van der Waals surface area contributed by atoms with E-state index in [1.807, 2.05) is 0 Å². The molecule has 0 bridgehead atoms. The molecule has 19 heavy (non-hydrogen) atoms. The van der Waals surface area contributed by atoms with Crippen molar-refractivity contribution < 1.29 is 13.9 Å². The molecular weight excluding hydrogens is 290 g/mol. The van der Waals surface area contributed by atoms with Crippen molar-refractivity contribution in [1.82, 2.24) is 0 Å². The first-order chi connectivity index (χ1) is 9.10. The van der Waals surface area contributed by atoms with Gasteiger partial charge in [-0.2, -0.15) is 0 Å². The van der Waals surface area contributed by atoms with Gasteiger partial charge >= 0.3 is 0 Å². The van der Waals surface area contributed by atoms with E-state index in [1.165, 1.54) is 12.1 Å². The summed E-state index contributed by atoms with van der Waals surface area (Å²) < 4.78 is 18.9. The second kappa shape index (κ2) is 6.04. The van der Waals surface area contributed by atoms with Crippen LogP contribution in [0.1, 0.15) is 15.9 Å². The Morgan fingerprint density at radius 3 is 2.58 bits per heavy atom. The Hall–Kier alpha value is -1.58. The Kier molecular flexibility index (Phi) is 4.40. The van der Waals surface area contributed by atoms with Crippen LogP contribution in [0.5, 0.6) is 5.75 Å². The number of hydrogen-bond acceptors (Lipinski definition) is 2. The van der Waals surface area contributed by atoms with E-state index in [0.717, 1.165) is 6.07 Å². The third-order valence-corrected chi connectivity index (χ3v) is 3.08. The first-order valence-electron chi connectivity index (χ1n) is 5.41. The molecule has 2 aromatic carbocycles. The van der Waals surface area contributed by atoms with Crippen LogP contribution in [-0.2, 0) is 6.61 Å². The summed E-state index contributed by atoms with van der Waals surface area (Å²) in [5, 5.41) is 0.979. The minimum atomic E-state index is -0.588. The topological polar surface area (TPSA) is 26.3 Å². The van der Waals surface area contributed by atoms with Crippen molar-refractivity contribution in [1.29, 1.82) is 0 Å². The van der Waals surface area contributed by atoms with Gasteiger partial charge in [-0.05, 0) is 30.3 Å². The fraction of sp³-hybridized carbons (Fsp3) is 0.0714. The van der Waals surface area contributed by atoms with E-state index in [4.69, 9.17) is 27.9 Å². The van der Waals surface area contributed by atoms with E-state index >= 15 is 0 Å². The standard InChI is InChI=1S/C14H9Cl2FO2/c15-11-3-2-10(12(16)6-11)8-19-14-4-1-9(7-18)5-13(14)17/h1-7H,8H2. The third-order valence-electron chi connectivity index (χ3n) is 2.49. The highest BCUT2D eigenvalue weighted by Crippen LogP contribution is 2.24. The highest BCUT2D eigenvalue weighted by molar-refractivity contribution is 6.35. The van der Waals surface area contributed by atoms with Crippen LogP contribution in [0, 0.1) is 5.82 Å². The zero-order valence-corrected chi connectivity index (χ0v) is 11.2. The van der Waals surface area contributed by atoms with Crippen LogP contribution in [0.15, 0.2) is 36.4 Å². The lowest BCUT2D eigenvalue weighted by atomic mass is 10.2. The lowest BCUT2D eigenvalue weighted by Gasteiger charge is -2.09. The molecule has 0 fully saturated rings. The summed E-state index contributed by atoms with van der Waals surface area (Å²) >= 11 is 11.8. The van der Waals surface area contributed by atoms with Crippen molar-refractivity contribution in [3.05, 3.63) is 63.4 Å². The molecule has 0 aliphatic rings. The maximum atomic E-state index is 13.6. The van der Waals surface area contributed by atoms with Crippen molar-refractivity contribution in [3.63, 3.8) is 0 Å². The Balaban J connectivity index is 2.12. The number of ether oxygens (including phenoxy) is 1. The fourth-order valence-electron chi connectivity index (χ4n) is 1.50. The van der Waals surface area contributed by atoms with E-state index in [-0.39, 0.29) is 17.9 Å². The monoisotopic (exact) mass is 298 g/mol. The molecule has 2 rings (SSSR count). The molecule has 98 valence electrons. The van der Waals surface area contributed by atoms with Gasteiger partial charge < -0.3 is 4.74 Å². The highest BCUT2D eigenvalue weighted by atomic mass is 35.5. The molecule has 2 nitrogen and oxygen atoms in total. The summed E-state index contributed by atoms with van der Waals surface area (Å²) in [5.74, 6) is -0.522. The van der Waals surface area contributed by atoms with Gasteiger partial charge in [0, 0.05) is 21.2 Å². The van der Waals surface area contributed by atoms with Crippen molar-refractivity contribution >= 4 is 29.5 Å². The Morgan fingerprint density at radius 1 is 1.16 bits per heavy atom. The normalized spacial score (nSPS) is 10.3. The van der Waals surface area contributed by atoms with Gasteiger partial charge in [0.05, 0.1) is 0 Å². The third kappa shape index (κ3) is 3.46. The van der Waals surface area contributed by atoms with Crippen LogP contribution in [0.3, 0.4) is 0 Å². The number of carbonyl (C=O) groups is 1. The highest BCUT2D eigenvalue weighted by Gasteiger charge is 2.07. The SMILES string of the molecule is O=Cc1ccc(OCc2ccc(Cl)cc2Cl)c(F)c1. The molecule has 0 atom stereocenters. The number of halogens is 3. The molecule has 0 N–H and O–H groups in total. The number of carbonyl (C=O) groups excluding carboxylic acids is 1. The van der Waals surface area contributed by atoms with E-state index < -0.39 is 5.82 Å². The quantitative estimate of drug-likeness (QED) is 0.776. The van der Waals surface area contributed by atoms with Crippen LogP contribution in [0.4, 0.5) is 4.39 Å². The Bertz CT molecular complexity index is 614. The second-order valence-corrected chi connectivity index (χ2v) is 4.68. The van der Waals surface area contributed by atoms with Gasteiger partial charge in [-0.1, -0.05) is 29.3 Å². The number of aldehydes is 1. The van der Waals surface area contributed by atoms with Gasteiger partial charge in [0.15, 0.2) is 11.6 Å². The predicted molar refractivity (Wildman–Crippen MR) is 72.6 cm³/mol. The van der Waals surface area contributed by atoms with E-state index in [9.17, 15) is 9.18 Å². The van der Waals surface area contributed by atoms with Crippen molar-refractivity contribution in [2.45, 2.75) is 6.61 Å². The summed E-state index contributed by atoms with van der Waals surface area (Å²) in [6.45, 7) is 0.118. The molecule has 0 saturated carbocycles. The molecule has 0 spiro atoms. The smallest absolute Gasteiger partial charge is 0.165 e. The molecule has 0 aliphatic heterocycles. The molecule has 5 heteroatoms. The molecule has 0 aliphatic carbocycles. The van der Waals surface area contributed by atoms with Gasteiger partial charge in [-0.15, -0.1) is 0 Å². The van der Waals surface area contributed by atoms with Gasteiger partial charge in [0.25, 0.3) is 0 Å². The molecule has 0 radical (unpaired) electrons. The summed E-state index contributed by atoms with van der Waals surface area (Å²) in [7, 11) is 0. The van der Waals surface area contributed by atoms with Gasteiger partial charge in [0.2, 0.25) is 0 Å². The first-order valence-corrected chi connectivity index (χ1v) is 6.17. The van der Waals surface area contributed by atoms with E-state index in [1.54, 1.807) is 18.2 Å². The lowest BCUT2D eigenvalue weighted by Crippen LogP contribution is -1.98. The van der Waals surface area contributed by atoms with Crippen molar-refractivity contribution in [3.8, 4) is 5.75 Å². The van der Waals surface area contributed by atoms with Crippen LogP contribution in [0.25, 0.3) is 0 Å². The minimum absolute atomic E-state index is 0.0663. The van der Waals surface area contributed by atoms with Gasteiger partial charge in [-0.3, -0.25) is 4.79 Å². The summed E-state index contributed by atoms with van der Waals surface area (Å²) in [6, 6.07) is 8.98. The number of benzene rings is 2. The summed E-state index contributed by atoms with van der Waals surface area (Å²) in [5.41, 5.74) is 0.958. The van der Waals surface area contributed by atoms with E-state index in [0.29, 0.717) is 21.9 Å². The molecular formula is C14H9Cl2FO2. The first kappa shape index (κ1) is 13.8.